The summed E-state index contributed by atoms with van der Waals surface area (Å²) in [7, 11) is 1.54. The Kier molecular flexibility index (Phi) is 7.91. The highest BCUT2D eigenvalue weighted by Crippen LogP contribution is 2.18. The zero-order valence-corrected chi connectivity index (χ0v) is 17.0. The summed E-state index contributed by atoms with van der Waals surface area (Å²) in [5, 5.41) is 17.9. The second-order valence-electron chi connectivity index (χ2n) is 6.82. The first kappa shape index (κ1) is 22.2. The van der Waals surface area contributed by atoms with Crippen LogP contribution in [0.25, 0.3) is 0 Å². The minimum atomic E-state index is -0.680. The molecule has 31 heavy (non-hydrogen) atoms. The zero-order chi connectivity index (χ0) is 22.1. The molecule has 2 heterocycles. The summed E-state index contributed by atoms with van der Waals surface area (Å²) in [6.45, 7) is -0.0245. The van der Waals surface area contributed by atoms with Crippen LogP contribution in [0, 0.1) is 0 Å². The van der Waals surface area contributed by atoms with Gasteiger partial charge in [-0.1, -0.05) is 18.2 Å². The van der Waals surface area contributed by atoms with E-state index >= 15 is 0 Å². The Balaban J connectivity index is 1.49. The van der Waals surface area contributed by atoms with Crippen molar-refractivity contribution >= 4 is 17.6 Å². The number of nitrogens with zero attached hydrogens (tertiary/aromatic N) is 2. The summed E-state index contributed by atoms with van der Waals surface area (Å²) in [5.41, 5.74) is 1.26. The molecule has 0 bridgehead atoms. The van der Waals surface area contributed by atoms with Crippen LogP contribution in [-0.4, -0.2) is 59.0 Å². The molecule has 0 unspecified atom stereocenters. The molecule has 4 N–H and O–H groups in total. The van der Waals surface area contributed by atoms with Crippen molar-refractivity contribution in [3.05, 3.63) is 60.7 Å². The van der Waals surface area contributed by atoms with Crippen molar-refractivity contribution in [2.24, 2.45) is 0 Å². The Morgan fingerprint density at radius 1 is 1.26 bits per heavy atom. The molecule has 1 aliphatic heterocycles. The van der Waals surface area contributed by atoms with Gasteiger partial charge in [0, 0.05) is 18.0 Å². The molecule has 3 atom stereocenters. The number of hydrogen-bond donors (Lipinski definition) is 4. The van der Waals surface area contributed by atoms with Gasteiger partial charge in [0.15, 0.2) is 0 Å². The van der Waals surface area contributed by atoms with Gasteiger partial charge in [-0.15, -0.1) is 0 Å². The van der Waals surface area contributed by atoms with E-state index in [1.165, 1.54) is 6.33 Å². The number of anilines is 1. The van der Waals surface area contributed by atoms with Gasteiger partial charge in [-0.2, -0.15) is 0 Å². The van der Waals surface area contributed by atoms with E-state index in [0.717, 1.165) is 0 Å². The summed E-state index contributed by atoms with van der Waals surface area (Å²) in [6, 6.07) is 7.66. The molecule has 0 spiro atoms. The van der Waals surface area contributed by atoms with Gasteiger partial charge in [0.25, 0.3) is 0 Å². The van der Waals surface area contributed by atoms with Gasteiger partial charge in [0.1, 0.15) is 18.2 Å². The molecule has 10 heteroatoms. The maximum atomic E-state index is 12.3. The molecule has 2 aromatic rings. The fourth-order valence-corrected chi connectivity index (χ4v) is 3.02. The molecule has 1 aromatic carbocycles. The van der Waals surface area contributed by atoms with E-state index in [9.17, 15) is 14.7 Å². The molecule has 1 aromatic heterocycles. The predicted molar refractivity (Wildman–Crippen MR) is 112 cm³/mol. The van der Waals surface area contributed by atoms with E-state index in [1.807, 2.05) is 0 Å². The van der Waals surface area contributed by atoms with Crippen LogP contribution in [-0.2, 0) is 16.1 Å². The highest BCUT2D eigenvalue weighted by Gasteiger charge is 2.29. The van der Waals surface area contributed by atoms with Crippen molar-refractivity contribution in [1.82, 2.24) is 20.6 Å². The van der Waals surface area contributed by atoms with Crippen molar-refractivity contribution in [2.45, 2.75) is 31.2 Å². The second-order valence-corrected chi connectivity index (χ2v) is 6.82. The Hall–Kier alpha value is -3.50. The number of aliphatic hydroxyl groups is 1. The largest absolute Gasteiger partial charge is 0.497 e. The summed E-state index contributed by atoms with van der Waals surface area (Å²) >= 11 is 0. The summed E-state index contributed by atoms with van der Waals surface area (Å²) in [5.74, 6) is 0.403. The minimum Gasteiger partial charge on any atom is -0.497 e. The van der Waals surface area contributed by atoms with E-state index < -0.39 is 24.3 Å². The number of ether oxygens (including phenoxy) is 2. The fraction of sp³-hybridized carbons (Fsp3) is 0.333. The average Bonchev–Trinajstić information content (AvgIpc) is 2.79. The van der Waals surface area contributed by atoms with E-state index in [-0.39, 0.29) is 25.5 Å². The minimum absolute atomic E-state index is 0.0841. The highest BCUT2D eigenvalue weighted by atomic mass is 16.5. The van der Waals surface area contributed by atoms with Crippen LogP contribution < -0.4 is 20.7 Å². The molecule has 0 saturated carbocycles. The van der Waals surface area contributed by atoms with Crippen molar-refractivity contribution in [3.63, 3.8) is 0 Å². The Labute approximate surface area is 179 Å². The smallest absolute Gasteiger partial charge is 0.319 e. The van der Waals surface area contributed by atoms with Crippen LogP contribution in [0.1, 0.15) is 12.1 Å². The maximum absolute atomic E-state index is 12.3. The van der Waals surface area contributed by atoms with Gasteiger partial charge in [-0.3, -0.25) is 4.79 Å². The van der Waals surface area contributed by atoms with Gasteiger partial charge < -0.3 is 30.5 Å². The summed E-state index contributed by atoms with van der Waals surface area (Å²) < 4.78 is 10.9. The van der Waals surface area contributed by atoms with E-state index in [2.05, 4.69) is 25.9 Å². The van der Waals surface area contributed by atoms with Crippen molar-refractivity contribution < 1.29 is 24.2 Å². The predicted octanol–water partition coefficient (Wildman–Crippen LogP) is 0.998. The van der Waals surface area contributed by atoms with Gasteiger partial charge in [0.2, 0.25) is 5.91 Å². The number of aromatic nitrogens is 2. The number of urea groups is 1. The molecule has 164 valence electrons. The van der Waals surface area contributed by atoms with E-state index in [1.54, 1.807) is 55.8 Å². The highest BCUT2D eigenvalue weighted by molar-refractivity contribution is 5.89. The lowest BCUT2D eigenvalue weighted by Crippen LogP contribution is -2.50. The molecule has 1 aliphatic rings. The van der Waals surface area contributed by atoms with Gasteiger partial charge in [-0.25, -0.2) is 14.8 Å². The number of benzene rings is 1. The summed E-state index contributed by atoms with van der Waals surface area (Å²) in [4.78, 5) is 32.4. The lowest BCUT2D eigenvalue weighted by atomic mass is 10.0. The SMILES string of the molecule is COc1cccc(NC(=O)N[C@H]2C=C[C@@H](CC(=O)NCc3ccncn3)O[C@@H]2CO)c1. The molecule has 0 aliphatic carbocycles. The molecule has 0 fully saturated rings. The normalized spacial score (nSPS) is 20.0. The molecular formula is C21H25N5O5. The third kappa shape index (κ3) is 6.76. The van der Waals surface area contributed by atoms with Gasteiger partial charge >= 0.3 is 6.03 Å². The van der Waals surface area contributed by atoms with E-state index in [4.69, 9.17) is 9.47 Å². The van der Waals surface area contributed by atoms with Gasteiger partial charge in [-0.05, 0) is 18.2 Å². The van der Waals surface area contributed by atoms with Crippen LogP contribution in [0.5, 0.6) is 5.75 Å². The third-order valence-electron chi connectivity index (χ3n) is 4.59. The maximum Gasteiger partial charge on any atom is 0.319 e. The first-order chi connectivity index (χ1) is 15.1. The van der Waals surface area contributed by atoms with Crippen LogP contribution in [0.3, 0.4) is 0 Å². The first-order valence-electron chi connectivity index (χ1n) is 9.75. The lowest BCUT2D eigenvalue weighted by Gasteiger charge is -2.31. The number of aliphatic hydroxyl groups excluding tert-OH is 1. The number of amides is 3. The average molecular weight is 427 g/mol. The van der Waals surface area contributed by atoms with Crippen LogP contribution in [0.2, 0.25) is 0 Å². The number of carbonyl (C=O) groups is 2. The standard InChI is InChI=1S/C21H25N5O5/c1-30-16-4-2-3-14(9-16)25-21(29)26-18-6-5-17(31-19(18)12-27)10-20(28)23-11-15-7-8-22-13-24-15/h2-9,13,17-19,27H,10-12H2,1H3,(H,23,28)(H2,25,26,29)/t17-,18-,19+/m0/s1. The molecular weight excluding hydrogens is 402 g/mol. The lowest BCUT2D eigenvalue weighted by molar-refractivity contribution is -0.125. The van der Waals surface area contributed by atoms with Crippen molar-refractivity contribution in [2.75, 3.05) is 19.0 Å². The van der Waals surface area contributed by atoms with Crippen LogP contribution >= 0.6 is 0 Å². The first-order valence-corrected chi connectivity index (χ1v) is 9.75. The number of nitrogens with one attached hydrogen (secondary N) is 3. The van der Waals surface area contributed by atoms with E-state index in [0.29, 0.717) is 17.1 Å². The quantitative estimate of drug-likeness (QED) is 0.462. The van der Waals surface area contributed by atoms with Gasteiger partial charge in [0.05, 0.1) is 44.5 Å². The third-order valence-corrected chi connectivity index (χ3v) is 4.59. The Bertz CT molecular complexity index is 908. The molecule has 0 saturated heterocycles. The topological polar surface area (TPSA) is 135 Å². The molecule has 0 radical (unpaired) electrons. The number of carbonyl (C=O) groups excluding carboxylic acids is 2. The number of rotatable bonds is 8. The molecule has 3 rings (SSSR count). The van der Waals surface area contributed by atoms with Crippen molar-refractivity contribution in [3.8, 4) is 5.75 Å². The Morgan fingerprint density at radius 3 is 2.87 bits per heavy atom. The second kappa shape index (κ2) is 11.0. The monoisotopic (exact) mass is 427 g/mol. The number of hydrogen-bond acceptors (Lipinski definition) is 7. The van der Waals surface area contributed by atoms with Crippen LogP contribution in [0.4, 0.5) is 10.5 Å². The molecule has 10 nitrogen and oxygen atoms in total. The zero-order valence-electron chi connectivity index (χ0n) is 17.0. The summed E-state index contributed by atoms with van der Waals surface area (Å²) in [6.07, 6.45) is 5.33. The molecule has 3 amide bonds. The van der Waals surface area contributed by atoms with Crippen molar-refractivity contribution in [1.29, 1.82) is 0 Å². The fourth-order valence-electron chi connectivity index (χ4n) is 3.02. The van der Waals surface area contributed by atoms with Crippen LogP contribution in [0.15, 0.2) is 55.0 Å². The Morgan fingerprint density at radius 2 is 2.13 bits per heavy atom. The number of methoxy groups -OCH3 is 1.